The smallest absolute Gasteiger partial charge is 0.255 e. The first kappa shape index (κ1) is 25.8. The van der Waals surface area contributed by atoms with Crippen molar-refractivity contribution in [3.8, 4) is 5.75 Å². The molecule has 182 valence electrons. The number of anilines is 1. The number of carbonyl (C=O) groups excluding carboxylic acids is 3. The molecule has 0 saturated carbocycles. The number of halogens is 1. The molecule has 3 aromatic carbocycles. The quantitative estimate of drug-likeness (QED) is 0.410. The molecule has 0 radical (unpaired) electrons. The molecule has 7 nitrogen and oxygen atoms in total. The summed E-state index contributed by atoms with van der Waals surface area (Å²) in [5.74, 6) is -0.480. The van der Waals surface area contributed by atoms with E-state index in [-0.39, 0.29) is 24.3 Å². The van der Waals surface area contributed by atoms with Gasteiger partial charge in [0.1, 0.15) is 11.8 Å². The van der Waals surface area contributed by atoms with E-state index in [4.69, 9.17) is 16.3 Å². The molecule has 0 fully saturated rings. The molecule has 0 bridgehead atoms. The molecular formula is C27H28ClN3O4. The van der Waals surface area contributed by atoms with Crippen molar-refractivity contribution in [3.05, 3.63) is 94.5 Å². The van der Waals surface area contributed by atoms with Crippen LogP contribution in [0.1, 0.15) is 40.1 Å². The van der Waals surface area contributed by atoms with E-state index in [2.05, 4.69) is 16.0 Å². The van der Waals surface area contributed by atoms with Crippen molar-refractivity contribution in [2.45, 2.75) is 32.4 Å². The standard InChI is InChI=1S/C27H28ClN3O4/c1-17(2)35-24-14-11-20(16-22(24)28)26(33)31-23(27(34)29-3)15-18-9-12-21(13-10-18)30-25(32)19-7-5-4-6-8-19/h4-14,16-17,23H,15H2,1-3H3,(H,29,34)(H,30,32)(H,31,33). The van der Waals surface area contributed by atoms with Gasteiger partial charge in [0.05, 0.1) is 11.1 Å². The molecule has 0 aliphatic heterocycles. The molecule has 8 heteroatoms. The van der Waals surface area contributed by atoms with Gasteiger partial charge in [-0.25, -0.2) is 0 Å². The summed E-state index contributed by atoms with van der Waals surface area (Å²) in [7, 11) is 1.51. The predicted octanol–water partition coefficient (Wildman–Crippen LogP) is 4.47. The summed E-state index contributed by atoms with van der Waals surface area (Å²) in [5, 5.41) is 8.50. The molecule has 0 aliphatic carbocycles. The summed E-state index contributed by atoms with van der Waals surface area (Å²) in [6.45, 7) is 3.77. The summed E-state index contributed by atoms with van der Waals surface area (Å²) in [4.78, 5) is 37.6. The lowest BCUT2D eigenvalue weighted by Gasteiger charge is -2.18. The zero-order valence-electron chi connectivity index (χ0n) is 19.8. The first-order chi connectivity index (χ1) is 16.8. The Morgan fingerprint density at radius 1 is 0.886 bits per heavy atom. The number of hydrogen-bond donors (Lipinski definition) is 3. The fourth-order valence-corrected chi connectivity index (χ4v) is 3.59. The first-order valence-electron chi connectivity index (χ1n) is 11.2. The maximum Gasteiger partial charge on any atom is 0.255 e. The fourth-order valence-electron chi connectivity index (χ4n) is 3.37. The Morgan fingerprint density at radius 2 is 1.57 bits per heavy atom. The lowest BCUT2D eigenvalue weighted by molar-refractivity contribution is -0.122. The third-order valence-electron chi connectivity index (χ3n) is 5.11. The molecule has 0 aliphatic rings. The van der Waals surface area contributed by atoms with Crippen LogP contribution in [0, 0.1) is 0 Å². The van der Waals surface area contributed by atoms with E-state index >= 15 is 0 Å². The molecule has 3 rings (SSSR count). The van der Waals surface area contributed by atoms with E-state index in [0.717, 1.165) is 5.56 Å². The Bertz CT molecular complexity index is 1180. The molecule has 0 aromatic heterocycles. The number of hydrogen-bond acceptors (Lipinski definition) is 4. The van der Waals surface area contributed by atoms with E-state index in [9.17, 15) is 14.4 Å². The highest BCUT2D eigenvalue weighted by atomic mass is 35.5. The third-order valence-corrected chi connectivity index (χ3v) is 5.41. The van der Waals surface area contributed by atoms with Crippen LogP contribution in [0.25, 0.3) is 0 Å². The Morgan fingerprint density at radius 3 is 2.17 bits per heavy atom. The van der Waals surface area contributed by atoms with E-state index in [1.54, 1.807) is 60.7 Å². The minimum Gasteiger partial charge on any atom is -0.489 e. The average Bonchev–Trinajstić information content (AvgIpc) is 2.85. The number of ether oxygens (including phenoxy) is 1. The summed E-state index contributed by atoms with van der Waals surface area (Å²) in [6, 6.07) is 20.0. The lowest BCUT2D eigenvalue weighted by atomic mass is 10.0. The second kappa shape index (κ2) is 12.0. The van der Waals surface area contributed by atoms with Gasteiger partial charge in [-0.05, 0) is 61.9 Å². The second-order valence-electron chi connectivity index (χ2n) is 8.17. The van der Waals surface area contributed by atoms with Crippen LogP contribution in [0.5, 0.6) is 5.75 Å². The van der Waals surface area contributed by atoms with Crippen molar-refractivity contribution in [2.75, 3.05) is 12.4 Å². The van der Waals surface area contributed by atoms with Gasteiger partial charge in [-0.3, -0.25) is 14.4 Å². The fraction of sp³-hybridized carbons (Fsp3) is 0.222. The van der Waals surface area contributed by atoms with Crippen molar-refractivity contribution < 1.29 is 19.1 Å². The lowest BCUT2D eigenvalue weighted by Crippen LogP contribution is -2.47. The minimum atomic E-state index is -0.803. The highest BCUT2D eigenvalue weighted by Gasteiger charge is 2.22. The van der Waals surface area contributed by atoms with Gasteiger partial charge in [-0.15, -0.1) is 0 Å². The number of amides is 3. The van der Waals surface area contributed by atoms with Gasteiger partial charge in [0, 0.05) is 30.3 Å². The van der Waals surface area contributed by atoms with Crippen LogP contribution in [0.4, 0.5) is 5.69 Å². The van der Waals surface area contributed by atoms with Crippen molar-refractivity contribution in [3.63, 3.8) is 0 Å². The maximum atomic E-state index is 12.8. The van der Waals surface area contributed by atoms with Gasteiger partial charge < -0.3 is 20.7 Å². The number of likely N-dealkylation sites (N-methyl/N-ethyl adjacent to an activating group) is 1. The van der Waals surface area contributed by atoms with Gasteiger partial charge in [0.15, 0.2) is 0 Å². The second-order valence-corrected chi connectivity index (χ2v) is 8.58. The van der Waals surface area contributed by atoms with Crippen LogP contribution < -0.4 is 20.7 Å². The summed E-state index contributed by atoms with van der Waals surface area (Å²) < 4.78 is 5.60. The molecule has 0 heterocycles. The molecule has 1 atom stereocenters. The van der Waals surface area contributed by atoms with Crippen molar-refractivity contribution >= 4 is 35.0 Å². The summed E-state index contributed by atoms with van der Waals surface area (Å²) in [6.07, 6.45) is 0.212. The van der Waals surface area contributed by atoms with Crippen LogP contribution in [0.15, 0.2) is 72.8 Å². The third kappa shape index (κ3) is 7.32. The molecular weight excluding hydrogens is 466 g/mol. The van der Waals surface area contributed by atoms with Crippen molar-refractivity contribution in [1.29, 1.82) is 0 Å². The molecule has 1 unspecified atom stereocenters. The predicted molar refractivity (Wildman–Crippen MR) is 137 cm³/mol. The van der Waals surface area contributed by atoms with Crippen LogP contribution in [-0.2, 0) is 11.2 Å². The van der Waals surface area contributed by atoms with E-state index in [1.807, 2.05) is 19.9 Å². The highest BCUT2D eigenvalue weighted by Crippen LogP contribution is 2.26. The molecule has 3 N–H and O–H groups in total. The van der Waals surface area contributed by atoms with Crippen LogP contribution in [-0.4, -0.2) is 36.9 Å². The summed E-state index contributed by atoms with van der Waals surface area (Å²) in [5.41, 5.74) is 2.32. The van der Waals surface area contributed by atoms with Gasteiger partial charge in [-0.2, -0.15) is 0 Å². The van der Waals surface area contributed by atoms with Crippen molar-refractivity contribution in [1.82, 2.24) is 10.6 Å². The van der Waals surface area contributed by atoms with E-state index in [0.29, 0.717) is 27.6 Å². The van der Waals surface area contributed by atoms with E-state index < -0.39 is 11.9 Å². The SMILES string of the molecule is CNC(=O)C(Cc1ccc(NC(=O)c2ccccc2)cc1)NC(=O)c1ccc(OC(C)C)c(Cl)c1. The Balaban J connectivity index is 1.67. The largest absolute Gasteiger partial charge is 0.489 e. The molecule has 35 heavy (non-hydrogen) atoms. The molecule has 0 saturated heterocycles. The zero-order valence-corrected chi connectivity index (χ0v) is 20.6. The number of carbonyl (C=O) groups is 3. The molecule has 3 amide bonds. The first-order valence-corrected chi connectivity index (χ1v) is 11.6. The molecule has 0 spiro atoms. The summed E-state index contributed by atoms with van der Waals surface area (Å²) >= 11 is 6.25. The van der Waals surface area contributed by atoms with Crippen molar-refractivity contribution in [2.24, 2.45) is 0 Å². The Labute approximate surface area is 209 Å². The minimum absolute atomic E-state index is 0.0529. The van der Waals surface area contributed by atoms with Gasteiger partial charge >= 0.3 is 0 Å². The van der Waals surface area contributed by atoms with Crippen LogP contribution >= 0.6 is 11.6 Å². The molecule has 3 aromatic rings. The number of benzene rings is 3. The Hall–Kier alpha value is -3.84. The normalized spacial score (nSPS) is 11.5. The monoisotopic (exact) mass is 493 g/mol. The van der Waals surface area contributed by atoms with E-state index in [1.165, 1.54) is 13.1 Å². The number of rotatable bonds is 9. The average molecular weight is 494 g/mol. The highest BCUT2D eigenvalue weighted by molar-refractivity contribution is 6.32. The van der Waals surface area contributed by atoms with Crippen LogP contribution in [0.3, 0.4) is 0 Å². The maximum absolute atomic E-state index is 12.8. The van der Waals surface area contributed by atoms with Gasteiger partial charge in [0.25, 0.3) is 11.8 Å². The van der Waals surface area contributed by atoms with Gasteiger partial charge in [-0.1, -0.05) is 41.9 Å². The topological polar surface area (TPSA) is 96.5 Å². The van der Waals surface area contributed by atoms with Crippen LogP contribution in [0.2, 0.25) is 5.02 Å². The Kier molecular flexibility index (Phi) is 8.86. The number of nitrogens with one attached hydrogen (secondary N) is 3. The zero-order chi connectivity index (χ0) is 25.4. The van der Waals surface area contributed by atoms with Gasteiger partial charge in [0.2, 0.25) is 5.91 Å².